The summed E-state index contributed by atoms with van der Waals surface area (Å²) in [6.07, 6.45) is -3.26. The van der Waals surface area contributed by atoms with Crippen molar-refractivity contribution in [2.75, 3.05) is 0 Å². The summed E-state index contributed by atoms with van der Waals surface area (Å²) in [5, 5.41) is 4.58. The largest absolute Gasteiger partial charge is 0.425 e. The number of benzene rings is 3. The summed E-state index contributed by atoms with van der Waals surface area (Å²) >= 11 is 6.13. The van der Waals surface area contributed by atoms with Gasteiger partial charge in [-0.2, -0.15) is 22.9 Å². The highest BCUT2D eigenvalue weighted by atomic mass is 35.5. The van der Waals surface area contributed by atoms with Crippen LogP contribution in [-0.2, 0) is 11.0 Å². The van der Waals surface area contributed by atoms with Crippen molar-refractivity contribution in [3.63, 3.8) is 0 Å². The number of aromatic nitrogens is 2. The molecule has 4 rings (SSSR count). The molecule has 0 spiro atoms. The van der Waals surface area contributed by atoms with Crippen LogP contribution in [0.5, 0.6) is 5.75 Å². The van der Waals surface area contributed by atoms with E-state index in [4.69, 9.17) is 16.3 Å². The van der Waals surface area contributed by atoms with Crippen molar-refractivity contribution in [2.45, 2.75) is 13.1 Å². The lowest BCUT2D eigenvalue weighted by atomic mass is 10.1. The zero-order valence-corrected chi connectivity index (χ0v) is 18.3. The Morgan fingerprint density at radius 3 is 2.56 bits per heavy atom. The van der Waals surface area contributed by atoms with Crippen LogP contribution in [0.25, 0.3) is 22.3 Å². The fraction of sp³-hybridized carbons (Fsp3) is 0.0833. The summed E-state index contributed by atoms with van der Waals surface area (Å²) in [6, 6.07) is 15.4. The molecule has 0 unspecified atom stereocenters. The van der Waals surface area contributed by atoms with E-state index in [2.05, 4.69) is 10.1 Å². The Morgan fingerprint density at radius 1 is 1.09 bits per heavy atom. The summed E-state index contributed by atoms with van der Waals surface area (Å²) < 4.78 is 45.7. The van der Waals surface area contributed by atoms with Gasteiger partial charge in [0.05, 0.1) is 27.7 Å². The molecular formula is C24H15ClF3N3O3. The standard InChI is InChI=1S/C24H15ClF3N3O3/c1-14(32)34-21-10-9-15(11-19(21)25)13-29-31-22(16-5-4-6-17(12-16)24(26,27)28)30-20-8-3-2-7-18(20)23(31)33/h2-13H,1H3. The van der Waals surface area contributed by atoms with Gasteiger partial charge in [-0.25, -0.2) is 4.98 Å². The Hall–Kier alpha value is -3.98. The van der Waals surface area contributed by atoms with Crippen molar-refractivity contribution in [3.8, 4) is 17.1 Å². The molecule has 34 heavy (non-hydrogen) atoms. The van der Waals surface area contributed by atoms with Crippen LogP contribution in [0.4, 0.5) is 13.2 Å². The molecule has 0 radical (unpaired) electrons. The SMILES string of the molecule is CC(=O)Oc1ccc(C=Nn2c(-c3cccc(C(F)(F)F)c3)nc3ccccc3c2=O)cc1Cl. The molecule has 0 saturated heterocycles. The molecule has 0 aliphatic carbocycles. The molecule has 172 valence electrons. The molecule has 0 amide bonds. The number of hydrogen-bond acceptors (Lipinski definition) is 5. The minimum atomic E-state index is -4.57. The van der Waals surface area contributed by atoms with Crippen LogP contribution in [0.1, 0.15) is 18.1 Å². The normalized spacial score (nSPS) is 11.8. The van der Waals surface area contributed by atoms with E-state index < -0.39 is 23.3 Å². The highest BCUT2D eigenvalue weighted by Gasteiger charge is 2.31. The molecule has 0 fully saturated rings. The van der Waals surface area contributed by atoms with Gasteiger partial charge >= 0.3 is 12.1 Å². The first-order valence-corrected chi connectivity index (χ1v) is 10.2. The molecule has 0 aliphatic heterocycles. The van der Waals surface area contributed by atoms with Gasteiger partial charge < -0.3 is 4.74 Å². The maximum Gasteiger partial charge on any atom is 0.416 e. The van der Waals surface area contributed by atoms with Crippen LogP contribution in [0.15, 0.2) is 76.6 Å². The van der Waals surface area contributed by atoms with Crippen molar-refractivity contribution in [1.82, 2.24) is 9.66 Å². The second-order valence-electron chi connectivity index (χ2n) is 7.18. The second-order valence-corrected chi connectivity index (χ2v) is 7.58. The molecule has 1 aromatic heterocycles. The van der Waals surface area contributed by atoms with Gasteiger partial charge in [-0.1, -0.05) is 35.9 Å². The number of carbonyl (C=O) groups excluding carboxylic acids is 1. The number of rotatable bonds is 4. The lowest BCUT2D eigenvalue weighted by Crippen LogP contribution is -2.20. The van der Waals surface area contributed by atoms with Crippen molar-refractivity contribution in [3.05, 3.63) is 93.2 Å². The minimum Gasteiger partial charge on any atom is -0.425 e. The topological polar surface area (TPSA) is 73.5 Å². The van der Waals surface area contributed by atoms with Crippen LogP contribution < -0.4 is 10.3 Å². The summed E-state index contributed by atoms with van der Waals surface area (Å²) in [7, 11) is 0. The van der Waals surface area contributed by atoms with Crippen LogP contribution in [-0.4, -0.2) is 21.8 Å². The zero-order chi connectivity index (χ0) is 24.5. The van der Waals surface area contributed by atoms with Gasteiger partial charge in [0.1, 0.15) is 5.75 Å². The number of alkyl halides is 3. The van der Waals surface area contributed by atoms with E-state index in [9.17, 15) is 22.8 Å². The van der Waals surface area contributed by atoms with E-state index in [1.165, 1.54) is 37.4 Å². The van der Waals surface area contributed by atoms with Crippen molar-refractivity contribution < 1.29 is 22.7 Å². The second kappa shape index (κ2) is 9.11. The molecule has 0 N–H and O–H groups in total. The van der Waals surface area contributed by atoms with Gasteiger partial charge in [0.15, 0.2) is 5.82 Å². The summed E-state index contributed by atoms with van der Waals surface area (Å²) in [5.74, 6) is -0.447. The molecule has 6 nitrogen and oxygen atoms in total. The minimum absolute atomic E-state index is 0.0614. The van der Waals surface area contributed by atoms with Crippen LogP contribution in [0.3, 0.4) is 0 Å². The van der Waals surface area contributed by atoms with Gasteiger partial charge in [0.2, 0.25) is 0 Å². The lowest BCUT2D eigenvalue weighted by Gasteiger charge is -2.12. The van der Waals surface area contributed by atoms with Crippen molar-refractivity contribution >= 4 is 34.7 Å². The number of ether oxygens (including phenoxy) is 1. The molecule has 3 aromatic carbocycles. The zero-order valence-electron chi connectivity index (χ0n) is 17.5. The molecule has 0 atom stereocenters. The summed E-state index contributed by atoms with van der Waals surface area (Å²) in [6.45, 7) is 1.24. The van der Waals surface area contributed by atoms with Crippen LogP contribution in [0, 0.1) is 0 Å². The Bertz CT molecular complexity index is 1500. The van der Waals surface area contributed by atoms with Gasteiger partial charge in [-0.15, -0.1) is 0 Å². The van der Waals surface area contributed by atoms with Gasteiger partial charge in [0, 0.05) is 12.5 Å². The maximum absolute atomic E-state index is 13.3. The molecule has 4 aromatic rings. The number of nitrogens with zero attached hydrogens (tertiary/aromatic N) is 3. The predicted octanol–water partition coefficient (Wildman–Crippen LogP) is 5.54. The first-order chi connectivity index (χ1) is 16.1. The quantitative estimate of drug-likeness (QED) is 0.216. The van der Waals surface area contributed by atoms with Crippen LogP contribution in [0.2, 0.25) is 5.02 Å². The first kappa shape index (κ1) is 23.2. The van der Waals surface area contributed by atoms with Gasteiger partial charge in [-0.05, 0) is 48.0 Å². The van der Waals surface area contributed by atoms with E-state index in [0.29, 0.717) is 11.1 Å². The molecule has 0 saturated carbocycles. The highest BCUT2D eigenvalue weighted by Crippen LogP contribution is 2.32. The highest BCUT2D eigenvalue weighted by molar-refractivity contribution is 6.32. The third-order valence-corrected chi connectivity index (χ3v) is 5.03. The number of para-hydroxylation sites is 1. The molecule has 0 bridgehead atoms. The molecule has 0 aliphatic rings. The number of esters is 1. The molecular weight excluding hydrogens is 471 g/mol. The van der Waals surface area contributed by atoms with Gasteiger partial charge in [0.25, 0.3) is 5.56 Å². The maximum atomic E-state index is 13.3. The van der Waals surface area contributed by atoms with E-state index in [0.717, 1.165) is 16.8 Å². The predicted molar refractivity (Wildman–Crippen MR) is 122 cm³/mol. The smallest absolute Gasteiger partial charge is 0.416 e. The summed E-state index contributed by atoms with van der Waals surface area (Å²) in [5.41, 5.74) is -0.596. The monoisotopic (exact) mass is 485 g/mol. The molecule has 10 heteroatoms. The summed E-state index contributed by atoms with van der Waals surface area (Å²) in [4.78, 5) is 28.7. The van der Waals surface area contributed by atoms with Crippen LogP contribution >= 0.6 is 11.6 Å². The van der Waals surface area contributed by atoms with Crippen molar-refractivity contribution in [1.29, 1.82) is 0 Å². The Morgan fingerprint density at radius 2 is 1.85 bits per heavy atom. The van der Waals surface area contributed by atoms with E-state index in [-0.39, 0.29) is 27.5 Å². The average Bonchev–Trinajstić information content (AvgIpc) is 2.79. The van der Waals surface area contributed by atoms with Crippen molar-refractivity contribution in [2.24, 2.45) is 5.10 Å². The fourth-order valence-electron chi connectivity index (χ4n) is 3.21. The molecule has 1 heterocycles. The van der Waals surface area contributed by atoms with Gasteiger partial charge in [-0.3, -0.25) is 9.59 Å². The van der Waals surface area contributed by atoms with E-state index >= 15 is 0 Å². The number of carbonyl (C=O) groups is 1. The fourth-order valence-corrected chi connectivity index (χ4v) is 3.44. The Labute approximate surface area is 195 Å². The van der Waals surface area contributed by atoms with E-state index in [1.54, 1.807) is 30.3 Å². The Kier molecular flexibility index (Phi) is 6.21. The Balaban J connectivity index is 1.86. The third-order valence-electron chi connectivity index (χ3n) is 4.73. The number of hydrogen-bond donors (Lipinski definition) is 0. The third kappa shape index (κ3) is 4.84. The first-order valence-electron chi connectivity index (χ1n) is 9.85. The number of fused-ring (bicyclic) bond motifs is 1. The average molecular weight is 486 g/mol. The van der Waals surface area contributed by atoms with E-state index in [1.807, 2.05) is 0 Å². The lowest BCUT2D eigenvalue weighted by molar-refractivity contribution is -0.137. The number of halogens is 4.